The lowest BCUT2D eigenvalue weighted by Crippen LogP contribution is -2.51. The molecule has 0 aromatic heterocycles. The molecule has 1 heterocycles. The predicted octanol–water partition coefficient (Wildman–Crippen LogP) is 3.88. The lowest BCUT2D eigenvalue weighted by molar-refractivity contribution is -0.181. The van der Waals surface area contributed by atoms with Crippen LogP contribution >= 0.6 is 0 Å². The van der Waals surface area contributed by atoms with Gasteiger partial charge in [-0.15, -0.1) is 0 Å². The average Bonchev–Trinajstić information content (AvgIpc) is 2.63. The zero-order chi connectivity index (χ0) is 17.2. The molecule has 0 aromatic rings. The first kappa shape index (κ1) is 17.0. The molecule has 4 bridgehead atoms. The van der Waals surface area contributed by atoms with Crippen molar-refractivity contribution >= 4 is 14.3 Å². The second kappa shape index (κ2) is 5.09. The van der Waals surface area contributed by atoms with Crippen LogP contribution in [-0.4, -0.2) is 33.1 Å². The number of carbonyl (C=O) groups is 1. The van der Waals surface area contributed by atoms with Crippen LogP contribution in [0.1, 0.15) is 40.5 Å². The summed E-state index contributed by atoms with van der Waals surface area (Å²) < 4.78 is 18.2. The van der Waals surface area contributed by atoms with Gasteiger partial charge in [0, 0.05) is 12.3 Å². The van der Waals surface area contributed by atoms with Crippen LogP contribution in [0.3, 0.4) is 0 Å². The van der Waals surface area contributed by atoms with Crippen LogP contribution in [0.4, 0.5) is 0 Å². The third-order valence-electron chi connectivity index (χ3n) is 6.55. The second-order valence-electron chi connectivity index (χ2n) is 9.06. The topological polar surface area (TPSA) is 44.8 Å². The SMILES string of the molecule is COC1=CC[C@@H]2C(=O)O[C@@]3(C)C[C@@H](O[Si](C)(C)C(C)(C)C)[C@@H]2[C@@H]13. The Labute approximate surface area is 140 Å². The Morgan fingerprint density at radius 3 is 2.57 bits per heavy atom. The van der Waals surface area contributed by atoms with E-state index in [1.807, 2.05) is 6.92 Å². The van der Waals surface area contributed by atoms with E-state index in [9.17, 15) is 4.79 Å². The number of ether oxygens (including phenoxy) is 2. The third kappa shape index (κ3) is 2.47. The summed E-state index contributed by atoms with van der Waals surface area (Å²) in [6.07, 6.45) is 3.65. The predicted molar refractivity (Wildman–Crippen MR) is 91.4 cm³/mol. The number of allylic oxidation sites excluding steroid dienone is 1. The van der Waals surface area contributed by atoms with Gasteiger partial charge < -0.3 is 13.9 Å². The minimum Gasteiger partial charge on any atom is -0.501 e. The monoisotopic (exact) mass is 338 g/mol. The number of carbonyl (C=O) groups excluding carboxylic acids is 1. The summed E-state index contributed by atoms with van der Waals surface area (Å²) in [5.41, 5.74) is -0.493. The molecule has 0 N–H and O–H groups in total. The van der Waals surface area contributed by atoms with Gasteiger partial charge >= 0.3 is 5.97 Å². The van der Waals surface area contributed by atoms with E-state index in [1.165, 1.54) is 0 Å². The zero-order valence-corrected chi connectivity index (χ0v) is 16.4. The van der Waals surface area contributed by atoms with Crippen molar-refractivity contribution in [2.75, 3.05) is 7.11 Å². The molecule has 1 aliphatic heterocycles. The van der Waals surface area contributed by atoms with Crippen molar-refractivity contribution in [2.24, 2.45) is 17.8 Å². The normalized spacial score (nSPS) is 39.8. The van der Waals surface area contributed by atoms with Crippen LogP contribution in [0, 0.1) is 17.8 Å². The van der Waals surface area contributed by atoms with Gasteiger partial charge in [0.1, 0.15) is 5.60 Å². The molecule has 0 aromatic carbocycles. The quantitative estimate of drug-likeness (QED) is 0.579. The molecular weight excluding hydrogens is 308 g/mol. The molecule has 130 valence electrons. The average molecular weight is 339 g/mol. The molecule has 0 spiro atoms. The Balaban J connectivity index is 1.95. The minimum absolute atomic E-state index is 0.0542. The highest BCUT2D eigenvalue weighted by Gasteiger charge is 2.65. The molecule has 0 radical (unpaired) electrons. The molecule has 0 amide bonds. The van der Waals surface area contributed by atoms with Gasteiger partial charge in [0.15, 0.2) is 8.32 Å². The van der Waals surface area contributed by atoms with Crippen LogP contribution in [0.25, 0.3) is 0 Å². The maximum absolute atomic E-state index is 12.4. The van der Waals surface area contributed by atoms with Crippen molar-refractivity contribution in [2.45, 2.75) is 70.4 Å². The fourth-order valence-electron chi connectivity index (χ4n) is 4.34. The van der Waals surface area contributed by atoms with Crippen molar-refractivity contribution in [3.05, 3.63) is 11.8 Å². The maximum Gasteiger partial charge on any atom is 0.310 e. The maximum atomic E-state index is 12.4. The lowest BCUT2D eigenvalue weighted by Gasteiger charge is -2.45. The van der Waals surface area contributed by atoms with E-state index >= 15 is 0 Å². The Morgan fingerprint density at radius 1 is 1.35 bits per heavy atom. The lowest BCUT2D eigenvalue weighted by atomic mass is 9.70. The fraction of sp³-hybridized carbons (Fsp3) is 0.833. The molecule has 3 rings (SSSR count). The first-order chi connectivity index (χ1) is 10.5. The summed E-state index contributed by atoms with van der Waals surface area (Å²) in [5.74, 6) is 1.17. The van der Waals surface area contributed by atoms with Crippen LogP contribution < -0.4 is 0 Å². The van der Waals surface area contributed by atoms with E-state index in [2.05, 4.69) is 39.9 Å². The van der Waals surface area contributed by atoms with E-state index in [0.29, 0.717) is 6.42 Å². The highest BCUT2D eigenvalue weighted by molar-refractivity contribution is 6.74. The summed E-state index contributed by atoms with van der Waals surface area (Å²) in [4.78, 5) is 12.4. The highest BCUT2D eigenvalue weighted by Crippen LogP contribution is 2.58. The molecule has 1 saturated heterocycles. The largest absolute Gasteiger partial charge is 0.501 e. The van der Waals surface area contributed by atoms with Crippen molar-refractivity contribution in [3.8, 4) is 0 Å². The Morgan fingerprint density at radius 2 is 2.00 bits per heavy atom. The number of hydrogen-bond donors (Lipinski definition) is 0. The summed E-state index contributed by atoms with van der Waals surface area (Å²) in [7, 11) is -0.175. The van der Waals surface area contributed by atoms with E-state index < -0.39 is 13.9 Å². The Hall–Kier alpha value is -0.813. The zero-order valence-electron chi connectivity index (χ0n) is 15.4. The number of methoxy groups -OCH3 is 1. The second-order valence-corrected chi connectivity index (χ2v) is 13.8. The van der Waals surface area contributed by atoms with Gasteiger partial charge in [-0.05, 0) is 37.6 Å². The summed E-state index contributed by atoms with van der Waals surface area (Å²) in [5, 5.41) is 0.157. The van der Waals surface area contributed by atoms with Gasteiger partial charge in [0.2, 0.25) is 0 Å². The summed E-state index contributed by atoms with van der Waals surface area (Å²) in [6, 6.07) is 0. The van der Waals surface area contributed by atoms with Crippen LogP contribution in [0.15, 0.2) is 11.8 Å². The number of rotatable bonds is 3. The molecule has 5 heteroatoms. The summed E-state index contributed by atoms with van der Waals surface area (Å²) in [6.45, 7) is 13.4. The molecule has 1 saturated carbocycles. The third-order valence-corrected chi connectivity index (χ3v) is 11.1. The van der Waals surface area contributed by atoms with Gasteiger partial charge in [-0.3, -0.25) is 4.79 Å². The molecule has 4 nitrogen and oxygen atoms in total. The van der Waals surface area contributed by atoms with E-state index in [0.717, 1.165) is 12.2 Å². The van der Waals surface area contributed by atoms with Gasteiger partial charge in [0.05, 0.1) is 30.8 Å². The smallest absolute Gasteiger partial charge is 0.310 e. The Kier molecular flexibility index (Phi) is 3.77. The van der Waals surface area contributed by atoms with Gasteiger partial charge in [-0.1, -0.05) is 20.8 Å². The summed E-state index contributed by atoms with van der Waals surface area (Å²) >= 11 is 0. The van der Waals surface area contributed by atoms with Crippen LogP contribution in [0.2, 0.25) is 18.1 Å². The molecule has 0 unspecified atom stereocenters. The number of hydrogen-bond acceptors (Lipinski definition) is 4. The van der Waals surface area contributed by atoms with Gasteiger partial charge in [0.25, 0.3) is 0 Å². The number of esters is 1. The van der Waals surface area contributed by atoms with E-state index in [1.54, 1.807) is 7.11 Å². The molecular formula is C18H30O4Si. The first-order valence-electron chi connectivity index (χ1n) is 8.65. The molecule has 3 aliphatic rings. The highest BCUT2D eigenvalue weighted by atomic mass is 28.4. The van der Waals surface area contributed by atoms with Gasteiger partial charge in [-0.25, -0.2) is 0 Å². The Bertz CT molecular complexity index is 548. The van der Waals surface area contributed by atoms with Crippen LogP contribution in [-0.2, 0) is 18.7 Å². The molecule has 2 fully saturated rings. The van der Waals surface area contributed by atoms with Crippen molar-refractivity contribution < 1.29 is 18.7 Å². The van der Waals surface area contributed by atoms with E-state index in [4.69, 9.17) is 13.9 Å². The molecule has 2 aliphatic carbocycles. The molecule has 5 atom stereocenters. The van der Waals surface area contributed by atoms with Gasteiger partial charge in [-0.2, -0.15) is 0 Å². The fourth-order valence-corrected chi connectivity index (χ4v) is 5.69. The standard InChI is InChI=1S/C18H30O4Si/c1-17(2,3)23(6,7)22-13-10-18(4)15-12(20-5)9-8-11(14(13)15)16(19)21-18/h9,11,13-15H,8,10H2,1-7H3/t11-,13+,14+,15+,18-/m0/s1. The van der Waals surface area contributed by atoms with Crippen molar-refractivity contribution in [1.29, 1.82) is 0 Å². The van der Waals surface area contributed by atoms with Crippen molar-refractivity contribution in [1.82, 2.24) is 0 Å². The molecule has 23 heavy (non-hydrogen) atoms. The van der Waals surface area contributed by atoms with Crippen molar-refractivity contribution in [3.63, 3.8) is 0 Å². The van der Waals surface area contributed by atoms with Crippen LogP contribution in [0.5, 0.6) is 0 Å². The van der Waals surface area contributed by atoms with E-state index in [-0.39, 0.29) is 34.9 Å². The first-order valence-corrected chi connectivity index (χ1v) is 11.6. The minimum atomic E-state index is -1.89.